The van der Waals surface area contributed by atoms with Gasteiger partial charge in [-0.25, -0.2) is 0 Å². The van der Waals surface area contributed by atoms with Gasteiger partial charge in [0.1, 0.15) is 5.75 Å². The fourth-order valence-corrected chi connectivity index (χ4v) is 3.24. The Bertz CT molecular complexity index is 712. The van der Waals surface area contributed by atoms with Gasteiger partial charge in [0.25, 0.3) is 0 Å². The van der Waals surface area contributed by atoms with E-state index in [1.807, 2.05) is 18.2 Å². The summed E-state index contributed by atoms with van der Waals surface area (Å²) in [5.41, 5.74) is 4.64. The van der Waals surface area contributed by atoms with Crippen molar-refractivity contribution in [3.8, 4) is 5.75 Å². The molecule has 0 unspecified atom stereocenters. The first-order chi connectivity index (χ1) is 11.1. The number of carboxylic acids is 1. The number of carbonyl (C=O) groups is 1. The number of pyridine rings is 1. The van der Waals surface area contributed by atoms with E-state index in [9.17, 15) is 4.79 Å². The average Bonchev–Trinajstić information content (AvgIpc) is 2.91. The van der Waals surface area contributed by atoms with Crippen molar-refractivity contribution in [2.75, 3.05) is 6.61 Å². The van der Waals surface area contributed by atoms with Crippen LogP contribution in [-0.4, -0.2) is 22.7 Å². The quantitative estimate of drug-likeness (QED) is 0.887. The molecule has 1 aromatic carbocycles. The average molecular weight is 311 g/mol. The van der Waals surface area contributed by atoms with Crippen LogP contribution in [0.15, 0.2) is 36.5 Å². The number of rotatable bonds is 6. The minimum atomic E-state index is -0.728. The van der Waals surface area contributed by atoms with Crippen LogP contribution in [0.4, 0.5) is 0 Å². The summed E-state index contributed by atoms with van der Waals surface area (Å²) in [6.07, 6.45) is 4.65. The first-order valence-corrected chi connectivity index (χ1v) is 8.01. The lowest BCUT2D eigenvalue weighted by atomic mass is 9.98. The second kappa shape index (κ2) is 6.82. The fraction of sp³-hybridized carbons (Fsp3) is 0.368. The molecule has 1 aromatic heterocycles. The number of hydrogen-bond acceptors (Lipinski definition) is 3. The molecule has 0 bridgehead atoms. The van der Waals surface area contributed by atoms with Gasteiger partial charge in [-0.05, 0) is 60.6 Å². The Labute approximate surface area is 136 Å². The number of aliphatic carboxylic acids is 1. The van der Waals surface area contributed by atoms with Crippen molar-refractivity contribution in [3.63, 3.8) is 0 Å². The number of benzene rings is 1. The van der Waals surface area contributed by atoms with E-state index < -0.39 is 5.97 Å². The van der Waals surface area contributed by atoms with E-state index in [4.69, 9.17) is 9.84 Å². The Morgan fingerprint density at radius 3 is 3.04 bits per heavy atom. The molecule has 1 N–H and O–H groups in total. The molecule has 0 saturated heterocycles. The molecule has 1 atom stereocenters. The highest BCUT2D eigenvalue weighted by molar-refractivity contribution is 5.68. The van der Waals surface area contributed by atoms with Crippen LogP contribution in [0.2, 0.25) is 0 Å². The number of aromatic nitrogens is 1. The van der Waals surface area contributed by atoms with Gasteiger partial charge in [-0.3, -0.25) is 9.78 Å². The zero-order valence-electron chi connectivity index (χ0n) is 13.3. The number of ether oxygens (including phenoxy) is 1. The number of hydrogen-bond donors (Lipinski definition) is 1. The summed E-state index contributed by atoms with van der Waals surface area (Å²) >= 11 is 0. The van der Waals surface area contributed by atoms with Crippen LogP contribution in [0.1, 0.15) is 41.1 Å². The van der Waals surface area contributed by atoms with Crippen molar-refractivity contribution >= 4 is 5.97 Å². The second-order valence-electron chi connectivity index (χ2n) is 6.06. The summed E-state index contributed by atoms with van der Waals surface area (Å²) in [5.74, 6) is 0.273. The van der Waals surface area contributed by atoms with Crippen LogP contribution in [0.3, 0.4) is 0 Å². The Kier molecular flexibility index (Phi) is 4.60. The van der Waals surface area contributed by atoms with Crippen molar-refractivity contribution in [1.82, 2.24) is 4.98 Å². The number of nitrogens with zero attached hydrogens (tertiary/aromatic N) is 1. The van der Waals surface area contributed by atoms with E-state index in [0.717, 1.165) is 30.7 Å². The molecule has 1 heterocycles. The standard InChI is InChI=1S/C19H21NO3/c1-13-3-2-9-20-18(13)8-10-23-16-6-7-17-14(11-16)4-5-15(17)12-19(21)22/h2-3,6-7,9,11,15H,4-5,8,10,12H2,1H3,(H,21,22)/t15-/m0/s1. The fourth-order valence-electron chi connectivity index (χ4n) is 3.24. The summed E-state index contributed by atoms with van der Waals surface area (Å²) in [6.45, 7) is 2.65. The predicted molar refractivity (Wildman–Crippen MR) is 87.9 cm³/mol. The maximum atomic E-state index is 10.9. The third-order valence-corrected chi connectivity index (χ3v) is 4.46. The van der Waals surface area contributed by atoms with E-state index in [-0.39, 0.29) is 12.3 Å². The highest BCUT2D eigenvalue weighted by Gasteiger charge is 2.24. The Morgan fingerprint density at radius 2 is 2.26 bits per heavy atom. The summed E-state index contributed by atoms with van der Waals surface area (Å²) in [5, 5.41) is 8.97. The van der Waals surface area contributed by atoms with E-state index >= 15 is 0 Å². The zero-order valence-corrected chi connectivity index (χ0v) is 13.3. The molecule has 2 aromatic rings. The van der Waals surface area contributed by atoms with Gasteiger partial charge in [-0.15, -0.1) is 0 Å². The molecule has 23 heavy (non-hydrogen) atoms. The maximum absolute atomic E-state index is 10.9. The topological polar surface area (TPSA) is 59.4 Å². The van der Waals surface area contributed by atoms with Crippen molar-refractivity contribution in [1.29, 1.82) is 0 Å². The van der Waals surface area contributed by atoms with Gasteiger partial charge in [0.15, 0.2) is 0 Å². The minimum Gasteiger partial charge on any atom is -0.493 e. The molecule has 1 aliphatic rings. The molecule has 0 aliphatic heterocycles. The third kappa shape index (κ3) is 3.70. The summed E-state index contributed by atoms with van der Waals surface area (Å²) < 4.78 is 5.85. The summed E-state index contributed by atoms with van der Waals surface area (Å²) in [4.78, 5) is 15.3. The van der Waals surface area contributed by atoms with E-state index in [1.165, 1.54) is 16.7 Å². The Balaban J connectivity index is 1.60. The molecule has 120 valence electrons. The van der Waals surface area contributed by atoms with Gasteiger partial charge >= 0.3 is 5.97 Å². The van der Waals surface area contributed by atoms with Crippen molar-refractivity contribution in [2.45, 2.75) is 38.5 Å². The van der Waals surface area contributed by atoms with E-state index in [2.05, 4.69) is 24.0 Å². The first kappa shape index (κ1) is 15.5. The molecule has 0 radical (unpaired) electrons. The third-order valence-electron chi connectivity index (χ3n) is 4.46. The highest BCUT2D eigenvalue weighted by atomic mass is 16.5. The normalized spacial score (nSPS) is 16.1. The predicted octanol–water partition coefficient (Wildman–Crippen LogP) is 3.52. The van der Waals surface area contributed by atoms with Crippen LogP contribution in [0, 0.1) is 6.92 Å². The van der Waals surface area contributed by atoms with Crippen LogP contribution in [0.25, 0.3) is 0 Å². The van der Waals surface area contributed by atoms with Crippen molar-refractivity contribution in [3.05, 3.63) is 58.9 Å². The molecule has 0 fully saturated rings. The Hall–Kier alpha value is -2.36. The molecule has 4 nitrogen and oxygen atoms in total. The lowest BCUT2D eigenvalue weighted by molar-refractivity contribution is -0.137. The number of fused-ring (bicyclic) bond motifs is 1. The molecule has 0 saturated carbocycles. The van der Waals surface area contributed by atoms with Crippen LogP contribution >= 0.6 is 0 Å². The summed E-state index contributed by atoms with van der Waals surface area (Å²) in [7, 11) is 0. The summed E-state index contributed by atoms with van der Waals surface area (Å²) in [6, 6.07) is 10.0. The molecule has 0 amide bonds. The molecule has 4 heteroatoms. The van der Waals surface area contributed by atoms with Gasteiger partial charge in [0, 0.05) is 18.3 Å². The molecule has 3 rings (SSSR count). The molecule has 0 spiro atoms. The van der Waals surface area contributed by atoms with Crippen LogP contribution < -0.4 is 4.74 Å². The van der Waals surface area contributed by atoms with Gasteiger partial charge in [-0.1, -0.05) is 12.1 Å². The molecular formula is C19H21NO3. The second-order valence-corrected chi connectivity index (χ2v) is 6.06. The minimum absolute atomic E-state index is 0.146. The maximum Gasteiger partial charge on any atom is 0.303 e. The largest absolute Gasteiger partial charge is 0.493 e. The van der Waals surface area contributed by atoms with E-state index in [0.29, 0.717) is 6.61 Å². The first-order valence-electron chi connectivity index (χ1n) is 8.01. The lowest BCUT2D eigenvalue weighted by Crippen LogP contribution is -2.05. The van der Waals surface area contributed by atoms with Crippen LogP contribution in [-0.2, 0) is 17.6 Å². The van der Waals surface area contributed by atoms with Gasteiger partial charge in [-0.2, -0.15) is 0 Å². The van der Waals surface area contributed by atoms with Gasteiger partial charge < -0.3 is 9.84 Å². The van der Waals surface area contributed by atoms with Crippen molar-refractivity contribution < 1.29 is 14.6 Å². The smallest absolute Gasteiger partial charge is 0.303 e. The molecule has 1 aliphatic carbocycles. The highest BCUT2D eigenvalue weighted by Crippen LogP contribution is 2.37. The van der Waals surface area contributed by atoms with Crippen molar-refractivity contribution in [2.24, 2.45) is 0 Å². The number of carboxylic acid groups (broad SMARTS) is 1. The SMILES string of the molecule is Cc1cccnc1CCOc1ccc2c(c1)CC[C@H]2CC(=O)O. The van der Waals surface area contributed by atoms with Crippen LogP contribution in [0.5, 0.6) is 5.75 Å². The number of aryl methyl sites for hydroxylation is 2. The van der Waals surface area contributed by atoms with E-state index in [1.54, 1.807) is 6.20 Å². The Morgan fingerprint density at radius 1 is 1.39 bits per heavy atom. The lowest BCUT2D eigenvalue weighted by Gasteiger charge is -2.11. The monoisotopic (exact) mass is 311 g/mol. The zero-order chi connectivity index (χ0) is 16.2. The van der Waals surface area contributed by atoms with Gasteiger partial charge in [0.2, 0.25) is 0 Å². The molecular weight excluding hydrogens is 290 g/mol. The van der Waals surface area contributed by atoms with Gasteiger partial charge in [0.05, 0.1) is 13.0 Å².